The lowest BCUT2D eigenvalue weighted by atomic mass is 10.0. The number of aromatic nitrogens is 3. The Morgan fingerprint density at radius 2 is 2.08 bits per heavy atom. The van der Waals surface area contributed by atoms with Gasteiger partial charge in [0.25, 0.3) is 0 Å². The highest BCUT2D eigenvalue weighted by atomic mass is 19.1. The number of H-pyrrole nitrogens is 1. The number of aryl methyl sites for hydroxylation is 1. The molecule has 1 aliphatic carbocycles. The average Bonchev–Trinajstić information content (AvgIpc) is 3.29. The number of aromatic amines is 1. The van der Waals surface area contributed by atoms with E-state index < -0.39 is 5.82 Å². The van der Waals surface area contributed by atoms with Crippen molar-refractivity contribution in [3.05, 3.63) is 35.8 Å². The molecule has 1 aliphatic heterocycles. The Bertz CT molecular complexity index is 1030. The van der Waals surface area contributed by atoms with Gasteiger partial charge in [-0.15, -0.1) is 0 Å². The van der Waals surface area contributed by atoms with E-state index in [0.717, 1.165) is 35.3 Å². The highest BCUT2D eigenvalue weighted by Crippen LogP contribution is 2.32. The van der Waals surface area contributed by atoms with Crippen LogP contribution in [-0.2, 0) is 11.2 Å². The van der Waals surface area contributed by atoms with E-state index in [2.05, 4.69) is 30.9 Å². The van der Waals surface area contributed by atoms with Gasteiger partial charge in [-0.1, -0.05) is 0 Å². The largest absolute Gasteiger partial charge is 0.367 e. The maximum atomic E-state index is 14.4. The molecule has 0 unspecified atom stereocenters. The molecule has 5 rings (SSSR count). The maximum Gasteiger partial charge on any atom is 0.231 e. The first-order chi connectivity index (χ1) is 12.7. The quantitative estimate of drug-likeness (QED) is 0.578. The lowest BCUT2D eigenvalue weighted by molar-refractivity contribution is -0.116. The molecule has 1 amide bonds. The SMILES string of the molecule is O=C1CCc2cc(Nc3nc(NC4CC4)c4cc[nH]c4n3)cc(F)c2N1. The Morgan fingerprint density at radius 1 is 1.19 bits per heavy atom. The first kappa shape index (κ1) is 15.1. The monoisotopic (exact) mass is 352 g/mol. The van der Waals surface area contributed by atoms with E-state index in [1.165, 1.54) is 6.07 Å². The number of halogens is 1. The predicted molar refractivity (Wildman–Crippen MR) is 97.2 cm³/mol. The van der Waals surface area contributed by atoms with Crippen molar-refractivity contribution in [1.82, 2.24) is 15.0 Å². The Balaban J connectivity index is 1.49. The molecule has 132 valence electrons. The van der Waals surface area contributed by atoms with Crippen molar-refractivity contribution in [2.24, 2.45) is 0 Å². The molecule has 1 aromatic carbocycles. The van der Waals surface area contributed by atoms with Crippen molar-refractivity contribution >= 4 is 40.1 Å². The van der Waals surface area contributed by atoms with Crippen LogP contribution in [0.1, 0.15) is 24.8 Å². The topological polar surface area (TPSA) is 94.7 Å². The highest BCUT2D eigenvalue weighted by Gasteiger charge is 2.23. The number of benzene rings is 1. The summed E-state index contributed by atoms with van der Waals surface area (Å²) >= 11 is 0. The standard InChI is InChI=1S/C18H17FN6O/c19-13-8-11(7-9-1-4-14(26)23-15(9)13)22-18-24-16-12(5-6-20-16)17(25-18)21-10-2-3-10/h5-8,10H,1-4H2,(H,23,26)(H3,20,21,22,24,25). The molecule has 0 radical (unpaired) electrons. The predicted octanol–water partition coefficient (Wildman–Crippen LogP) is 3.30. The van der Waals surface area contributed by atoms with Crippen LogP contribution in [0.5, 0.6) is 0 Å². The van der Waals surface area contributed by atoms with E-state index in [1.54, 1.807) is 0 Å². The van der Waals surface area contributed by atoms with Crippen LogP contribution in [0.4, 0.5) is 27.5 Å². The zero-order chi connectivity index (χ0) is 17.7. The second-order valence-corrected chi connectivity index (χ2v) is 6.72. The van der Waals surface area contributed by atoms with Gasteiger partial charge in [0, 0.05) is 24.3 Å². The van der Waals surface area contributed by atoms with Crippen LogP contribution in [0.2, 0.25) is 0 Å². The fourth-order valence-corrected chi connectivity index (χ4v) is 3.18. The number of hydrogen-bond acceptors (Lipinski definition) is 5. The molecule has 0 bridgehead atoms. The van der Waals surface area contributed by atoms with Crippen molar-refractivity contribution in [2.45, 2.75) is 31.7 Å². The summed E-state index contributed by atoms with van der Waals surface area (Å²) in [6.07, 6.45) is 4.97. The molecule has 0 saturated heterocycles. The third kappa shape index (κ3) is 2.73. The maximum absolute atomic E-state index is 14.4. The molecule has 4 N–H and O–H groups in total. The summed E-state index contributed by atoms with van der Waals surface area (Å²) in [6.45, 7) is 0. The van der Waals surface area contributed by atoms with Crippen molar-refractivity contribution in [3.8, 4) is 0 Å². The number of anilines is 4. The fourth-order valence-electron chi connectivity index (χ4n) is 3.18. The second-order valence-electron chi connectivity index (χ2n) is 6.72. The van der Waals surface area contributed by atoms with Gasteiger partial charge in [-0.2, -0.15) is 9.97 Å². The van der Waals surface area contributed by atoms with Gasteiger partial charge in [0.2, 0.25) is 11.9 Å². The molecular weight excluding hydrogens is 335 g/mol. The zero-order valence-electron chi connectivity index (χ0n) is 13.9. The minimum absolute atomic E-state index is 0.159. The van der Waals surface area contributed by atoms with Gasteiger partial charge < -0.3 is 20.9 Å². The lowest BCUT2D eigenvalue weighted by Gasteiger charge is -2.19. The molecule has 26 heavy (non-hydrogen) atoms. The van der Waals surface area contributed by atoms with Crippen LogP contribution in [0.15, 0.2) is 24.4 Å². The van der Waals surface area contributed by atoms with Crippen molar-refractivity contribution in [1.29, 1.82) is 0 Å². The Kier molecular flexibility index (Phi) is 3.31. The summed E-state index contributed by atoms with van der Waals surface area (Å²) in [4.78, 5) is 23.6. The van der Waals surface area contributed by atoms with Crippen LogP contribution in [-0.4, -0.2) is 26.9 Å². The Labute approximate surface area is 148 Å². The number of hydrogen-bond donors (Lipinski definition) is 4. The number of amides is 1. The Morgan fingerprint density at radius 3 is 2.92 bits per heavy atom. The molecule has 1 saturated carbocycles. The summed E-state index contributed by atoms with van der Waals surface area (Å²) in [5.41, 5.74) is 2.31. The molecule has 8 heteroatoms. The van der Waals surface area contributed by atoms with Gasteiger partial charge in [-0.25, -0.2) is 4.39 Å². The molecule has 2 aliphatic rings. The van der Waals surface area contributed by atoms with Gasteiger partial charge in [0.05, 0.1) is 11.1 Å². The summed E-state index contributed by atoms with van der Waals surface area (Å²) in [5, 5.41) is 10.0. The van der Waals surface area contributed by atoms with Gasteiger partial charge in [0.1, 0.15) is 17.3 Å². The van der Waals surface area contributed by atoms with Crippen molar-refractivity contribution in [3.63, 3.8) is 0 Å². The van der Waals surface area contributed by atoms with Gasteiger partial charge >= 0.3 is 0 Å². The Hall–Kier alpha value is -3.16. The number of rotatable bonds is 4. The molecule has 0 spiro atoms. The minimum atomic E-state index is -0.463. The number of carbonyl (C=O) groups is 1. The van der Waals surface area contributed by atoms with Crippen LogP contribution in [0.3, 0.4) is 0 Å². The summed E-state index contributed by atoms with van der Waals surface area (Å²) in [5.74, 6) is 0.540. The van der Waals surface area contributed by atoms with Crippen molar-refractivity contribution < 1.29 is 9.18 Å². The van der Waals surface area contributed by atoms with Crippen LogP contribution < -0.4 is 16.0 Å². The molecule has 3 heterocycles. The smallest absolute Gasteiger partial charge is 0.231 e. The van der Waals surface area contributed by atoms with E-state index in [9.17, 15) is 9.18 Å². The van der Waals surface area contributed by atoms with E-state index >= 15 is 0 Å². The van der Waals surface area contributed by atoms with E-state index in [1.807, 2.05) is 18.3 Å². The summed E-state index contributed by atoms with van der Waals surface area (Å²) < 4.78 is 14.4. The normalized spacial score (nSPS) is 16.3. The highest BCUT2D eigenvalue weighted by molar-refractivity contribution is 5.94. The first-order valence-corrected chi connectivity index (χ1v) is 8.67. The number of nitrogens with one attached hydrogen (secondary N) is 4. The van der Waals surface area contributed by atoms with E-state index in [-0.39, 0.29) is 11.6 Å². The van der Waals surface area contributed by atoms with Crippen LogP contribution in [0.25, 0.3) is 11.0 Å². The van der Waals surface area contributed by atoms with Crippen LogP contribution in [0, 0.1) is 5.82 Å². The zero-order valence-corrected chi connectivity index (χ0v) is 13.9. The molecule has 0 atom stereocenters. The third-order valence-electron chi connectivity index (χ3n) is 4.65. The summed E-state index contributed by atoms with van der Waals surface area (Å²) in [7, 11) is 0. The number of fused-ring (bicyclic) bond motifs is 2. The van der Waals surface area contributed by atoms with Gasteiger partial charge in [-0.3, -0.25) is 4.79 Å². The first-order valence-electron chi connectivity index (χ1n) is 8.67. The molecule has 1 fully saturated rings. The fraction of sp³-hybridized carbons (Fsp3) is 0.278. The lowest BCUT2D eigenvalue weighted by Crippen LogP contribution is -2.20. The van der Waals surface area contributed by atoms with Crippen molar-refractivity contribution in [2.75, 3.05) is 16.0 Å². The molecular formula is C18H17FN6O. The number of nitrogens with zero attached hydrogens (tertiary/aromatic N) is 2. The molecule has 7 nitrogen and oxygen atoms in total. The third-order valence-corrected chi connectivity index (χ3v) is 4.65. The van der Waals surface area contributed by atoms with E-state index in [0.29, 0.717) is 30.5 Å². The number of carbonyl (C=O) groups excluding carboxylic acids is 1. The van der Waals surface area contributed by atoms with Crippen LogP contribution >= 0.6 is 0 Å². The van der Waals surface area contributed by atoms with E-state index in [4.69, 9.17) is 0 Å². The van der Waals surface area contributed by atoms with Gasteiger partial charge in [-0.05, 0) is 43.0 Å². The average molecular weight is 352 g/mol. The second kappa shape index (κ2) is 5.69. The van der Waals surface area contributed by atoms with Gasteiger partial charge in [0.15, 0.2) is 0 Å². The molecule has 2 aromatic heterocycles. The summed E-state index contributed by atoms with van der Waals surface area (Å²) in [6, 6.07) is 5.57. The minimum Gasteiger partial charge on any atom is -0.367 e. The molecule has 3 aromatic rings.